The molecule has 4 rings (SSSR count). The minimum absolute atomic E-state index is 0.232. The molecule has 1 aromatic heterocycles. The van der Waals surface area contributed by atoms with E-state index in [-0.39, 0.29) is 11.0 Å². The Kier molecular flexibility index (Phi) is 5.33. The number of fused-ring (bicyclic) bond motifs is 1. The first-order chi connectivity index (χ1) is 14.4. The predicted molar refractivity (Wildman–Crippen MR) is 124 cm³/mol. The highest BCUT2D eigenvalue weighted by atomic mass is 32.1. The van der Waals surface area contributed by atoms with Crippen molar-refractivity contribution in [3.8, 4) is 11.5 Å². The van der Waals surface area contributed by atoms with E-state index in [0.717, 1.165) is 39.0 Å². The van der Waals surface area contributed by atoms with Crippen LogP contribution in [0.25, 0.3) is 22.6 Å². The van der Waals surface area contributed by atoms with Gasteiger partial charge in [-0.3, -0.25) is 10.1 Å². The molecule has 0 unspecified atom stereocenters. The Morgan fingerprint density at radius 2 is 1.70 bits per heavy atom. The van der Waals surface area contributed by atoms with Crippen LogP contribution >= 0.6 is 12.2 Å². The molecule has 0 aliphatic rings. The van der Waals surface area contributed by atoms with Crippen LogP contribution in [-0.2, 0) is 0 Å². The Bertz CT molecular complexity index is 1240. The number of carbonyl (C=O) groups excluding carboxylic acids is 1. The Hall–Kier alpha value is -3.51. The van der Waals surface area contributed by atoms with Crippen LogP contribution < -0.4 is 10.6 Å². The second kappa shape index (κ2) is 8.08. The fraction of sp³-hybridized carbons (Fsp3) is 0.125. The number of aryl methyl sites for hydroxylation is 3. The molecule has 4 aromatic rings. The standard InChI is InChI=1S/C24H21N3O2S/c1-14-8-10-17(12-16(14)3)22(28)27-24(30)26-20-13-18(11-9-15(20)2)23-25-19-6-4-5-7-21(19)29-23/h4-13H,1-3H3,(H2,26,27,28,30). The largest absolute Gasteiger partial charge is 0.436 e. The lowest BCUT2D eigenvalue weighted by atomic mass is 10.1. The summed E-state index contributed by atoms with van der Waals surface area (Å²) in [7, 11) is 0. The zero-order valence-corrected chi connectivity index (χ0v) is 17.8. The number of carbonyl (C=O) groups is 1. The van der Waals surface area contributed by atoms with Gasteiger partial charge < -0.3 is 9.73 Å². The average Bonchev–Trinajstić information content (AvgIpc) is 3.16. The molecule has 0 fully saturated rings. The summed E-state index contributed by atoms with van der Waals surface area (Å²) in [5, 5.41) is 6.08. The summed E-state index contributed by atoms with van der Waals surface area (Å²) in [5.74, 6) is 0.285. The van der Waals surface area contributed by atoms with Crippen molar-refractivity contribution in [1.82, 2.24) is 10.3 Å². The number of benzene rings is 3. The third-order valence-electron chi connectivity index (χ3n) is 5.02. The van der Waals surface area contributed by atoms with Crippen LogP contribution in [0, 0.1) is 20.8 Å². The summed E-state index contributed by atoms with van der Waals surface area (Å²) in [6, 6.07) is 19.0. The molecule has 6 heteroatoms. The minimum Gasteiger partial charge on any atom is -0.436 e. The molecule has 0 spiro atoms. The van der Waals surface area contributed by atoms with E-state index in [4.69, 9.17) is 16.6 Å². The van der Waals surface area contributed by atoms with Crippen molar-refractivity contribution >= 4 is 40.0 Å². The van der Waals surface area contributed by atoms with Crippen LogP contribution in [0.1, 0.15) is 27.0 Å². The number of aromatic nitrogens is 1. The van der Waals surface area contributed by atoms with Gasteiger partial charge in [0, 0.05) is 16.8 Å². The van der Waals surface area contributed by atoms with E-state index in [0.29, 0.717) is 11.5 Å². The van der Waals surface area contributed by atoms with Gasteiger partial charge in [-0.1, -0.05) is 24.3 Å². The summed E-state index contributed by atoms with van der Waals surface area (Å²) in [4.78, 5) is 17.1. The van der Waals surface area contributed by atoms with Gasteiger partial charge in [-0.25, -0.2) is 4.98 Å². The maximum Gasteiger partial charge on any atom is 0.257 e. The quantitative estimate of drug-likeness (QED) is 0.430. The van der Waals surface area contributed by atoms with Crippen molar-refractivity contribution in [3.63, 3.8) is 0 Å². The van der Waals surface area contributed by atoms with E-state index in [1.54, 1.807) is 6.07 Å². The van der Waals surface area contributed by atoms with Gasteiger partial charge in [0.2, 0.25) is 5.89 Å². The van der Waals surface area contributed by atoms with E-state index in [1.165, 1.54) is 0 Å². The summed E-state index contributed by atoms with van der Waals surface area (Å²) in [6.45, 7) is 5.95. The van der Waals surface area contributed by atoms with Crippen molar-refractivity contribution in [1.29, 1.82) is 0 Å². The number of nitrogens with zero attached hydrogens (tertiary/aromatic N) is 1. The molecule has 3 aromatic carbocycles. The highest BCUT2D eigenvalue weighted by Crippen LogP contribution is 2.28. The number of amides is 1. The molecule has 0 aliphatic carbocycles. The molecule has 1 heterocycles. The predicted octanol–water partition coefficient (Wildman–Crippen LogP) is 5.55. The summed E-state index contributed by atoms with van der Waals surface area (Å²) in [6.07, 6.45) is 0. The molecule has 150 valence electrons. The number of hydrogen-bond acceptors (Lipinski definition) is 4. The molecule has 0 saturated heterocycles. The molecular formula is C24H21N3O2S. The lowest BCUT2D eigenvalue weighted by Crippen LogP contribution is -2.34. The van der Waals surface area contributed by atoms with Gasteiger partial charge in [0.25, 0.3) is 5.91 Å². The number of oxazole rings is 1. The SMILES string of the molecule is Cc1ccc(C(=O)NC(=S)Nc2cc(-c3nc4ccccc4o3)ccc2C)cc1C. The van der Waals surface area contributed by atoms with Gasteiger partial charge in [-0.15, -0.1) is 0 Å². The number of nitrogens with one attached hydrogen (secondary N) is 2. The van der Waals surface area contributed by atoms with Gasteiger partial charge in [0.05, 0.1) is 0 Å². The maximum atomic E-state index is 12.5. The Morgan fingerprint density at radius 3 is 2.47 bits per heavy atom. The molecule has 0 atom stereocenters. The van der Waals surface area contributed by atoms with Crippen LogP contribution in [-0.4, -0.2) is 16.0 Å². The lowest BCUT2D eigenvalue weighted by Gasteiger charge is -2.13. The number of thiocarbonyl (C=S) groups is 1. The zero-order chi connectivity index (χ0) is 21.3. The Morgan fingerprint density at radius 1 is 0.933 bits per heavy atom. The van der Waals surface area contributed by atoms with Gasteiger partial charge in [0.15, 0.2) is 10.7 Å². The molecule has 2 N–H and O–H groups in total. The lowest BCUT2D eigenvalue weighted by molar-refractivity contribution is 0.0977. The van der Waals surface area contributed by atoms with Crippen LogP contribution in [0.4, 0.5) is 5.69 Å². The van der Waals surface area contributed by atoms with Crippen molar-refractivity contribution < 1.29 is 9.21 Å². The topological polar surface area (TPSA) is 67.2 Å². The number of hydrogen-bond donors (Lipinski definition) is 2. The van der Waals surface area contributed by atoms with Gasteiger partial charge >= 0.3 is 0 Å². The molecule has 0 bridgehead atoms. The first kappa shape index (κ1) is 19.8. The van der Waals surface area contributed by atoms with E-state index >= 15 is 0 Å². The minimum atomic E-state index is -0.247. The first-order valence-corrected chi connectivity index (χ1v) is 9.98. The van der Waals surface area contributed by atoms with Gasteiger partial charge in [-0.2, -0.15) is 0 Å². The first-order valence-electron chi connectivity index (χ1n) is 9.57. The molecule has 1 amide bonds. The maximum absolute atomic E-state index is 12.5. The highest BCUT2D eigenvalue weighted by Gasteiger charge is 2.12. The molecule has 5 nitrogen and oxygen atoms in total. The number of rotatable bonds is 3. The fourth-order valence-corrected chi connectivity index (χ4v) is 3.30. The zero-order valence-electron chi connectivity index (χ0n) is 16.9. The van der Waals surface area contributed by atoms with Crippen molar-refractivity contribution in [2.24, 2.45) is 0 Å². The second-order valence-electron chi connectivity index (χ2n) is 7.22. The fourth-order valence-electron chi connectivity index (χ4n) is 3.10. The molecular weight excluding hydrogens is 394 g/mol. The van der Waals surface area contributed by atoms with Crippen molar-refractivity contribution in [2.45, 2.75) is 20.8 Å². The van der Waals surface area contributed by atoms with E-state index < -0.39 is 0 Å². The molecule has 0 radical (unpaired) electrons. The third-order valence-corrected chi connectivity index (χ3v) is 5.23. The van der Waals surface area contributed by atoms with Gasteiger partial charge in [0.1, 0.15) is 5.52 Å². The van der Waals surface area contributed by atoms with Crippen molar-refractivity contribution in [2.75, 3.05) is 5.32 Å². The van der Waals surface area contributed by atoms with Crippen molar-refractivity contribution in [3.05, 3.63) is 82.9 Å². The van der Waals surface area contributed by atoms with E-state index in [2.05, 4.69) is 15.6 Å². The normalized spacial score (nSPS) is 10.8. The molecule has 0 aliphatic heterocycles. The van der Waals surface area contributed by atoms with Gasteiger partial charge in [-0.05, 0) is 86.1 Å². The highest BCUT2D eigenvalue weighted by molar-refractivity contribution is 7.80. The summed E-state index contributed by atoms with van der Waals surface area (Å²) < 4.78 is 5.86. The van der Waals surface area contributed by atoms with E-state index in [1.807, 2.05) is 75.4 Å². The molecule has 30 heavy (non-hydrogen) atoms. The number of anilines is 1. The Balaban J connectivity index is 1.52. The summed E-state index contributed by atoms with van der Waals surface area (Å²) >= 11 is 5.36. The van der Waals surface area contributed by atoms with Crippen LogP contribution in [0.2, 0.25) is 0 Å². The van der Waals surface area contributed by atoms with Crippen LogP contribution in [0.5, 0.6) is 0 Å². The summed E-state index contributed by atoms with van der Waals surface area (Å²) in [5.41, 5.74) is 6.89. The van der Waals surface area contributed by atoms with E-state index in [9.17, 15) is 4.79 Å². The second-order valence-corrected chi connectivity index (χ2v) is 7.63. The van der Waals surface area contributed by atoms with Crippen LogP contribution in [0.3, 0.4) is 0 Å². The third kappa shape index (κ3) is 4.09. The smallest absolute Gasteiger partial charge is 0.257 e. The Labute approximate surface area is 180 Å². The van der Waals surface area contributed by atoms with Crippen LogP contribution in [0.15, 0.2) is 65.1 Å². The number of para-hydroxylation sites is 2. The molecule has 0 saturated carbocycles. The monoisotopic (exact) mass is 415 g/mol. The average molecular weight is 416 g/mol.